The highest BCUT2D eigenvalue weighted by molar-refractivity contribution is 5.98. The number of benzene rings is 1. The van der Waals surface area contributed by atoms with Crippen LogP contribution in [0.5, 0.6) is 0 Å². The second kappa shape index (κ2) is 13.1. The monoisotopic (exact) mass is 382 g/mol. The zero-order valence-corrected chi connectivity index (χ0v) is 16.7. The lowest BCUT2D eigenvalue weighted by atomic mass is 10.2. The first-order chi connectivity index (χ1) is 13.6. The Hall–Kier alpha value is -3.12. The summed E-state index contributed by atoms with van der Waals surface area (Å²) in [5.74, 6) is -0.357. The van der Waals surface area contributed by atoms with Crippen LogP contribution in [-0.2, 0) is 16.1 Å². The summed E-state index contributed by atoms with van der Waals surface area (Å²) >= 11 is 0. The van der Waals surface area contributed by atoms with Gasteiger partial charge in [0.15, 0.2) is 0 Å². The van der Waals surface area contributed by atoms with Crippen molar-refractivity contribution in [1.29, 1.82) is 5.41 Å². The number of rotatable bonds is 12. The van der Waals surface area contributed by atoms with Crippen molar-refractivity contribution in [3.05, 3.63) is 83.9 Å². The van der Waals surface area contributed by atoms with Crippen molar-refractivity contribution in [1.82, 2.24) is 10.2 Å². The Morgan fingerprint density at radius 3 is 2.61 bits per heavy atom. The maximum absolute atomic E-state index is 13.0. The number of nitrogens with two attached hydrogens (primary N) is 1. The molecule has 0 fully saturated rings. The van der Waals surface area contributed by atoms with Gasteiger partial charge in [-0.1, -0.05) is 49.1 Å². The van der Waals surface area contributed by atoms with Crippen molar-refractivity contribution in [2.24, 2.45) is 5.73 Å². The molecule has 0 atom stereocenters. The fraction of sp³-hybridized carbons (Fsp3) is 0.273. The van der Waals surface area contributed by atoms with Gasteiger partial charge in [0.05, 0.1) is 0 Å². The zero-order valence-electron chi connectivity index (χ0n) is 16.7. The fourth-order valence-electron chi connectivity index (χ4n) is 2.52. The zero-order chi connectivity index (χ0) is 20.8. The number of carbonyl (C=O) groups is 1. The number of nitrogens with one attached hydrogen (secondary N) is 2. The van der Waals surface area contributed by atoms with Gasteiger partial charge in [-0.15, -0.1) is 0 Å². The van der Waals surface area contributed by atoms with Crippen molar-refractivity contribution in [2.45, 2.75) is 20.5 Å². The highest BCUT2D eigenvalue weighted by atomic mass is 16.5. The van der Waals surface area contributed by atoms with Gasteiger partial charge in [0.25, 0.3) is 5.91 Å². The number of ether oxygens (including phenoxy) is 1. The molecule has 4 N–H and O–H groups in total. The molecule has 0 saturated carbocycles. The lowest BCUT2D eigenvalue weighted by Gasteiger charge is -2.25. The van der Waals surface area contributed by atoms with E-state index in [1.165, 1.54) is 0 Å². The first-order valence-corrected chi connectivity index (χ1v) is 9.24. The number of likely N-dealkylation sites (N-methyl/N-ethyl adjacent to an activating group) is 1. The largest absolute Gasteiger partial charge is 0.481 e. The van der Waals surface area contributed by atoms with E-state index in [-0.39, 0.29) is 12.4 Å². The van der Waals surface area contributed by atoms with Gasteiger partial charge in [-0.3, -0.25) is 4.79 Å². The summed E-state index contributed by atoms with van der Waals surface area (Å²) in [6.07, 6.45) is 7.98. The second-order valence-electron chi connectivity index (χ2n) is 5.81. The smallest absolute Gasteiger partial charge is 0.293 e. The Labute approximate surface area is 167 Å². The number of hydrogen-bond donors (Lipinski definition) is 3. The van der Waals surface area contributed by atoms with E-state index in [2.05, 4.69) is 11.9 Å². The van der Waals surface area contributed by atoms with Crippen LogP contribution in [0.4, 0.5) is 0 Å². The van der Waals surface area contributed by atoms with Crippen molar-refractivity contribution in [3.8, 4) is 0 Å². The van der Waals surface area contributed by atoms with Gasteiger partial charge in [0.2, 0.25) is 5.76 Å². The molecule has 0 radical (unpaired) electrons. The normalized spacial score (nSPS) is 12.3. The van der Waals surface area contributed by atoms with E-state index < -0.39 is 5.91 Å². The van der Waals surface area contributed by atoms with E-state index in [0.29, 0.717) is 31.0 Å². The Balaban J connectivity index is 3.25. The minimum absolute atomic E-state index is 0.0774. The predicted molar refractivity (Wildman–Crippen MR) is 115 cm³/mol. The summed E-state index contributed by atoms with van der Waals surface area (Å²) in [5, 5.41) is 10.7. The molecule has 1 aromatic carbocycles. The molecule has 1 aromatic rings. The van der Waals surface area contributed by atoms with E-state index in [1.54, 1.807) is 18.2 Å². The van der Waals surface area contributed by atoms with Crippen LogP contribution in [0.15, 0.2) is 78.4 Å². The Morgan fingerprint density at radius 2 is 2.07 bits per heavy atom. The van der Waals surface area contributed by atoms with Gasteiger partial charge >= 0.3 is 0 Å². The molecule has 6 nitrogen and oxygen atoms in total. The lowest BCUT2D eigenvalue weighted by Crippen LogP contribution is -2.34. The van der Waals surface area contributed by atoms with E-state index in [0.717, 1.165) is 11.8 Å². The van der Waals surface area contributed by atoms with Gasteiger partial charge in [-0.05, 0) is 31.6 Å². The summed E-state index contributed by atoms with van der Waals surface area (Å²) in [7, 11) is 0. The molecule has 0 heterocycles. The molecule has 0 aliphatic heterocycles. The summed E-state index contributed by atoms with van der Waals surface area (Å²) in [6.45, 7) is 9.18. The summed E-state index contributed by atoms with van der Waals surface area (Å²) in [5.41, 5.74) is 7.58. The molecule has 0 saturated heterocycles. The molecule has 0 spiro atoms. The van der Waals surface area contributed by atoms with Crippen LogP contribution in [0.3, 0.4) is 0 Å². The number of hydrogen-bond acceptors (Lipinski definition) is 5. The Morgan fingerprint density at radius 1 is 1.36 bits per heavy atom. The van der Waals surface area contributed by atoms with E-state index >= 15 is 0 Å². The summed E-state index contributed by atoms with van der Waals surface area (Å²) in [4.78, 5) is 14.8. The SMILES string of the molecule is C=C/C=C(\C=C/C)NC(=O)/C(OCc1ccccc1)=C(\C=N)N(CC)CCN. The third kappa shape index (κ3) is 7.25. The maximum atomic E-state index is 13.0. The molecule has 0 bridgehead atoms. The van der Waals surface area contributed by atoms with Crippen LogP contribution < -0.4 is 11.1 Å². The third-order valence-corrected chi connectivity index (χ3v) is 3.82. The highest BCUT2D eigenvalue weighted by Crippen LogP contribution is 2.14. The molecule has 6 heteroatoms. The fourth-order valence-corrected chi connectivity index (χ4v) is 2.52. The van der Waals surface area contributed by atoms with Gasteiger partial charge in [0, 0.05) is 31.5 Å². The van der Waals surface area contributed by atoms with Crippen LogP contribution in [-0.4, -0.2) is 36.7 Å². The maximum Gasteiger partial charge on any atom is 0.293 e. The van der Waals surface area contributed by atoms with Crippen molar-refractivity contribution >= 4 is 12.1 Å². The predicted octanol–water partition coefficient (Wildman–Crippen LogP) is 3.11. The standard InChI is InChI=1S/C22H30N4O2/c1-4-10-19(11-5-2)25-22(27)21(20(16-24)26(6-3)15-14-23)28-17-18-12-8-7-9-13-18/h4-5,7-13,16,24H,1,6,14-15,17,23H2,2-3H3,(H,25,27)/b11-5-,19-10+,21-20-,24-16?. The molecule has 28 heavy (non-hydrogen) atoms. The van der Waals surface area contributed by atoms with Crippen molar-refractivity contribution in [2.75, 3.05) is 19.6 Å². The van der Waals surface area contributed by atoms with E-state index in [1.807, 2.05) is 55.2 Å². The quantitative estimate of drug-likeness (QED) is 0.224. The molecule has 1 amide bonds. The molecule has 0 aliphatic carbocycles. The topological polar surface area (TPSA) is 91.4 Å². The van der Waals surface area contributed by atoms with Gasteiger partial charge in [0.1, 0.15) is 12.3 Å². The van der Waals surface area contributed by atoms with E-state index in [9.17, 15) is 4.79 Å². The van der Waals surface area contributed by atoms with Crippen LogP contribution in [0.25, 0.3) is 0 Å². The molecule has 0 unspecified atom stereocenters. The molecular formula is C22H30N4O2. The van der Waals surface area contributed by atoms with Gasteiger partial charge in [-0.25, -0.2) is 0 Å². The Bertz CT molecular complexity index is 736. The summed E-state index contributed by atoms with van der Waals surface area (Å²) in [6, 6.07) is 9.56. The van der Waals surface area contributed by atoms with Crippen LogP contribution in [0, 0.1) is 5.41 Å². The number of amides is 1. The molecule has 0 aliphatic rings. The summed E-state index contributed by atoms with van der Waals surface area (Å²) < 4.78 is 5.89. The number of carbonyl (C=O) groups excluding carboxylic acids is 1. The first-order valence-electron chi connectivity index (χ1n) is 9.24. The lowest BCUT2D eigenvalue weighted by molar-refractivity contribution is -0.120. The van der Waals surface area contributed by atoms with Crippen LogP contribution >= 0.6 is 0 Å². The third-order valence-electron chi connectivity index (χ3n) is 3.82. The average molecular weight is 383 g/mol. The number of allylic oxidation sites excluding steroid dienone is 5. The Kier molecular flexibility index (Phi) is 10.7. The second-order valence-corrected chi connectivity index (χ2v) is 5.81. The number of nitrogens with zero attached hydrogens (tertiary/aromatic N) is 1. The molecule has 0 aromatic heterocycles. The molecular weight excluding hydrogens is 352 g/mol. The molecule has 150 valence electrons. The van der Waals surface area contributed by atoms with Crippen LogP contribution in [0.2, 0.25) is 0 Å². The average Bonchev–Trinajstić information content (AvgIpc) is 2.70. The van der Waals surface area contributed by atoms with Crippen molar-refractivity contribution in [3.63, 3.8) is 0 Å². The highest BCUT2D eigenvalue weighted by Gasteiger charge is 2.21. The van der Waals surface area contributed by atoms with Crippen molar-refractivity contribution < 1.29 is 9.53 Å². The molecule has 1 rings (SSSR count). The minimum atomic E-state index is -0.434. The van der Waals surface area contributed by atoms with Crippen LogP contribution in [0.1, 0.15) is 19.4 Å². The van der Waals surface area contributed by atoms with Gasteiger partial charge in [-0.2, -0.15) is 0 Å². The van der Waals surface area contributed by atoms with Gasteiger partial charge < -0.3 is 26.1 Å². The minimum Gasteiger partial charge on any atom is -0.481 e. The first kappa shape index (κ1) is 22.9. The van der Waals surface area contributed by atoms with E-state index in [4.69, 9.17) is 15.9 Å².